The summed E-state index contributed by atoms with van der Waals surface area (Å²) in [5.41, 5.74) is 4.00. The van der Waals surface area contributed by atoms with Gasteiger partial charge in [0.2, 0.25) is 0 Å². The quantitative estimate of drug-likeness (QED) is 0.853. The van der Waals surface area contributed by atoms with Crippen LogP contribution in [0.3, 0.4) is 0 Å². The second-order valence-corrected chi connectivity index (χ2v) is 6.14. The zero-order valence-electron chi connectivity index (χ0n) is 13.6. The zero-order valence-corrected chi connectivity index (χ0v) is 13.6. The second kappa shape index (κ2) is 6.79. The monoisotopic (exact) mass is 286 g/mol. The average molecular weight is 286 g/mol. The molecule has 0 aliphatic heterocycles. The molecule has 1 heterocycles. The second-order valence-electron chi connectivity index (χ2n) is 6.14. The van der Waals surface area contributed by atoms with Crippen LogP contribution in [0, 0.1) is 12.8 Å². The Morgan fingerprint density at radius 3 is 2.57 bits per heavy atom. The zero-order chi connectivity index (χ0) is 15.4. The summed E-state index contributed by atoms with van der Waals surface area (Å²) in [6.07, 6.45) is 3.83. The van der Waals surface area contributed by atoms with Crippen LogP contribution in [-0.2, 0) is 12.8 Å². The summed E-state index contributed by atoms with van der Waals surface area (Å²) in [7, 11) is 0. The van der Waals surface area contributed by atoms with Crippen LogP contribution in [0.5, 0.6) is 5.75 Å². The van der Waals surface area contributed by atoms with Gasteiger partial charge in [0, 0.05) is 0 Å². The smallest absolute Gasteiger partial charge is 0.160 e. The molecular formula is C18H26N2O. The summed E-state index contributed by atoms with van der Waals surface area (Å²) in [6, 6.07) is 8.20. The van der Waals surface area contributed by atoms with Gasteiger partial charge in [0.05, 0.1) is 11.4 Å². The molecule has 0 fully saturated rings. The highest BCUT2D eigenvalue weighted by molar-refractivity contribution is 5.45. The Balaban J connectivity index is 2.50. The van der Waals surface area contributed by atoms with Gasteiger partial charge in [-0.2, -0.15) is 5.10 Å². The summed E-state index contributed by atoms with van der Waals surface area (Å²) < 4.78 is 1.94. The molecular weight excluding hydrogens is 260 g/mol. The van der Waals surface area contributed by atoms with Gasteiger partial charge in [-0.1, -0.05) is 45.4 Å². The predicted octanol–water partition coefficient (Wildman–Crippen LogP) is 4.43. The molecule has 114 valence electrons. The topological polar surface area (TPSA) is 38.0 Å². The Hall–Kier alpha value is -1.77. The van der Waals surface area contributed by atoms with Crippen LogP contribution in [0.25, 0.3) is 5.69 Å². The number of hydrogen-bond donors (Lipinski definition) is 1. The molecule has 0 aliphatic carbocycles. The summed E-state index contributed by atoms with van der Waals surface area (Å²) >= 11 is 0. The van der Waals surface area contributed by atoms with Gasteiger partial charge in [-0.15, -0.1) is 0 Å². The maximum absolute atomic E-state index is 10.6. The summed E-state index contributed by atoms with van der Waals surface area (Å²) in [5.74, 6) is 0.870. The molecule has 0 unspecified atom stereocenters. The van der Waals surface area contributed by atoms with Crippen molar-refractivity contribution >= 4 is 0 Å². The molecule has 1 N–H and O–H groups in total. The minimum absolute atomic E-state index is 0.389. The number of nitrogens with zero attached hydrogens (tertiary/aromatic N) is 2. The maximum Gasteiger partial charge on any atom is 0.160 e. The Kier molecular flexibility index (Phi) is 5.05. The third kappa shape index (κ3) is 3.46. The van der Waals surface area contributed by atoms with Crippen molar-refractivity contribution in [2.75, 3.05) is 0 Å². The average Bonchev–Trinajstić information content (AvgIpc) is 2.74. The van der Waals surface area contributed by atoms with E-state index in [1.165, 1.54) is 5.56 Å². The molecule has 3 nitrogen and oxygen atoms in total. The first-order chi connectivity index (χ1) is 10.0. The molecule has 0 bridgehead atoms. The highest BCUT2D eigenvalue weighted by atomic mass is 16.3. The molecule has 0 radical (unpaired) electrons. The fraction of sp³-hybridized carbons (Fsp3) is 0.500. The van der Waals surface area contributed by atoms with Crippen LogP contribution >= 0.6 is 0 Å². The first-order valence-corrected chi connectivity index (χ1v) is 7.90. The van der Waals surface area contributed by atoms with E-state index in [1.54, 1.807) is 0 Å². The van der Waals surface area contributed by atoms with Gasteiger partial charge in [-0.25, -0.2) is 4.68 Å². The Labute approximate surface area is 127 Å². The first-order valence-electron chi connectivity index (χ1n) is 7.90. The van der Waals surface area contributed by atoms with E-state index < -0.39 is 0 Å². The Bertz CT molecular complexity index is 599. The molecule has 0 saturated carbocycles. The molecule has 2 rings (SSSR count). The van der Waals surface area contributed by atoms with Crippen LogP contribution in [-0.4, -0.2) is 14.9 Å². The minimum Gasteiger partial charge on any atom is -0.504 e. The van der Waals surface area contributed by atoms with Crippen molar-refractivity contribution in [1.29, 1.82) is 0 Å². The van der Waals surface area contributed by atoms with Gasteiger partial charge in [0.1, 0.15) is 5.69 Å². The molecule has 0 spiro atoms. The van der Waals surface area contributed by atoms with Crippen molar-refractivity contribution in [2.45, 2.75) is 53.4 Å². The molecule has 0 amide bonds. The largest absolute Gasteiger partial charge is 0.504 e. The number of para-hydroxylation sites is 1. The Morgan fingerprint density at radius 2 is 1.95 bits per heavy atom. The van der Waals surface area contributed by atoms with Gasteiger partial charge >= 0.3 is 0 Å². The molecule has 1 aromatic carbocycles. The molecule has 3 heteroatoms. The van der Waals surface area contributed by atoms with Gasteiger partial charge in [0.25, 0.3) is 0 Å². The van der Waals surface area contributed by atoms with E-state index in [4.69, 9.17) is 5.10 Å². The molecule has 0 aliphatic rings. The SMILES string of the molecule is CCCCc1nn(-c2ccccc2C)c(CC(C)C)c1O. The molecule has 2 aromatic rings. The van der Waals surface area contributed by atoms with E-state index in [1.807, 2.05) is 16.8 Å². The fourth-order valence-corrected chi connectivity index (χ4v) is 2.58. The lowest BCUT2D eigenvalue weighted by molar-refractivity contribution is 0.453. The summed E-state index contributed by atoms with van der Waals surface area (Å²) in [5, 5.41) is 15.3. The van der Waals surface area contributed by atoms with Gasteiger partial charge in [-0.3, -0.25) is 0 Å². The lowest BCUT2D eigenvalue weighted by Gasteiger charge is -2.11. The molecule has 21 heavy (non-hydrogen) atoms. The van der Waals surface area contributed by atoms with Crippen molar-refractivity contribution in [1.82, 2.24) is 9.78 Å². The van der Waals surface area contributed by atoms with Crippen molar-refractivity contribution in [3.63, 3.8) is 0 Å². The number of aromatic hydroxyl groups is 1. The summed E-state index contributed by atoms with van der Waals surface area (Å²) in [4.78, 5) is 0. The van der Waals surface area contributed by atoms with Gasteiger partial charge in [-0.05, 0) is 43.7 Å². The molecule has 1 aromatic heterocycles. The van der Waals surface area contributed by atoms with E-state index in [-0.39, 0.29) is 0 Å². The van der Waals surface area contributed by atoms with Gasteiger partial charge < -0.3 is 5.11 Å². The Morgan fingerprint density at radius 1 is 1.24 bits per heavy atom. The standard InChI is InChI=1S/C18H26N2O/c1-5-6-10-15-18(21)17(12-13(2)3)20(19-15)16-11-8-7-9-14(16)4/h7-9,11,13,21H,5-6,10,12H2,1-4H3. The van der Waals surface area contributed by atoms with E-state index >= 15 is 0 Å². The number of aromatic nitrogens is 2. The predicted molar refractivity (Wildman–Crippen MR) is 87.1 cm³/mol. The maximum atomic E-state index is 10.6. The third-order valence-corrected chi connectivity index (χ3v) is 3.74. The van der Waals surface area contributed by atoms with Crippen molar-refractivity contribution in [3.05, 3.63) is 41.2 Å². The molecule has 0 atom stereocenters. The third-order valence-electron chi connectivity index (χ3n) is 3.74. The number of aryl methyl sites for hydroxylation is 2. The number of benzene rings is 1. The lowest BCUT2D eigenvalue weighted by Crippen LogP contribution is -2.07. The van der Waals surface area contributed by atoms with E-state index in [9.17, 15) is 5.11 Å². The van der Waals surface area contributed by atoms with Crippen LogP contribution in [0.2, 0.25) is 0 Å². The normalized spacial score (nSPS) is 11.3. The van der Waals surface area contributed by atoms with Crippen LogP contribution in [0.1, 0.15) is 50.6 Å². The fourth-order valence-electron chi connectivity index (χ4n) is 2.58. The van der Waals surface area contributed by atoms with Crippen molar-refractivity contribution in [3.8, 4) is 11.4 Å². The van der Waals surface area contributed by atoms with Crippen molar-refractivity contribution < 1.29 is 5.11 Å². The number of hydrogen-bond acceptors (Lipinski definition) is 2. The number of rotatable bonds is 6. The van der Waals surface area contributed by atoms with Crippen molar-refractivity contribution in [2.24, 2.45) is 5.92 Å². The highest BCUT2D eigenvalue weighted by Gasteiger charge is 2.19. The highest BCUT2D eigenvalue weighted by Crippen LogP contribution is 2.29. The van der Waals surface area contributed by atoms with Crippen LogP contribution in [0.15, 0.2) is 24.3 Å². The van der Waals surface area contributed by atoms with E-state index in [0.29, 0.717) is 11.7 Å². The molecule has 0 saturated heterocycles. The van der Waals surface area contributed by atoms with Crippen LogP contribution < -0.4 is 0 Å². The first kappa shape index (κ1) is 15.6. The summed E-state index contributed by atoms with van der Waals surface area (Å²) in [6.45, 7) is 8.57. The van der Waals surface area contributed by atoms with Crippen LogP contribution in [0.4, 0.5) is 0 Å². The lowest BCUT2D eigenvalue weighted by atomic mass is 10.1. The van der Waals surface area contributed by atoms with E-state index in [0.717, 1.165) is 42.8 Å². The number of unbranched alkanes of at least 4 members (excludes halogenated alkanes) is 1. The van der Waals surface area contributed by atoms with Gasteiger partial charge in [0.15, 0.2) is 5.75 Å². The van der Waals surface area contributed by atoms with E-state index in [2.05, 4.69) is 39.8 Å². The minimum atomic E-state index is 0.389.